The van der Waals surface area contributed by atoms with Crippen molar-refractivity contribution in [2.75, 3.05) is 13.7 Å². The number of benzene rings is 2. The second kappa shape index (κ2) is 9.84. The van der Waals surface area contributed by atoms with Crippen LogP contribution in [0, 0.1) is 0 Å². The number of ether oxygens (including phenoxy) is 1. The van der Waals surface area contributed by atoms with Crippen LogP contribution in [0.2, 0.25) is 0 Å². The fraction of sp³-hybridized carbons (Fsp3) is 0.370. The smallest absolute Gasteiger partial charge is 0.169 e. The Bertz CT molecular complexity index is 811. The molecule has 0 bridgehead atoms. The van der Waals surface area contributed by atoms with E-state index in [9.17, 15) is 0 Å². The van der Waals surface area contributed by atoms with Crippen molar-refractivity contribution in [2.45, 2.75) is 51.0 Å². The summed E-state index contributed by atoms with van der Waals surface area (Å²) in [6, 6.07) is 26.4. The van der Waals surface area contributed by atoms with Crippen molar-refractivity contribution < 1.29 is 9.30 Å². The molecule has 152 valence electrons. The van der Waals surface area contributed by atoms with Gasteiger partial charge in [0.25, 0.3) is 0 Å². The van der Waals surface area contributed by atoms with Crippen LogP contribution in [0.25, 0.3) is 0 Å². The Balaban J connectivity index is 1.92. The molecule has 2 nitrogen and oxygen atoms in total. The molecule has 1 unspecified atom stereocenters. The Kier molecular flexibility index (Phi) is 7.22. The summed E-state index contributed by atoms with van der Waals surface area (Å²) >= 11 is 0. The Morgan fingerprint density at radius 1 is 0.759 bits per heavy atom. The predicted molar refractivity (Wildman–Crippen MR) is 120 cm³/mol. The van der Waals surface area contributed by atoms with Crippen LogP contribution >= 0.6 is 0 Å². The molecule has 0 amide bonds. The average Bonchev–Trinajstić information content (AvgIpc) is 2.75. The molecule has 1 aromatic heterocycles. The van der Waals surface area contributed by atoms with E-state index < -0.39 is 0 Å². The predicted octanol–water partition coefficient (Wildman–Crippen LogP) is 6.07. The van der Waals surface area contributed by atoms with Crippen molar-refractivity contribution in [2.24, 2.45) is 0 Å². The van der Waals surface area contributed by atoms with Crippen LogP contribution in [-0.4, -0.2) is 13.7 Å². The fourth-order valence-electron chi connectivity index (χ4n) is 3.96. The van der Waals surface area contributed by atoms with Crippen molar-refractivity contribution in [3.05, 3.63) is 102 Å². The molecule has 1 heterocycles. The van der Waals surface area contributed by atoms with Crippen molar-refractivity contribution >= 4 is 0 Å². The standard InChI is InChI=1S/C27H34NO/c1-27(2,3)28-18-15-22(16-19-28)25(17-20-29-4)21-26(23-11-7-5-8-12-23)24-13-9-6-10-14-24/h5-16,18-19,25-26H,17,20-21H2,1-4H3/q+1. The summed E-state index contributed by atoms with van der Waals surface area (Å²) in [5.74, 6) is 0.809. The Morgan fingerprint density at radius 2 is 1.28 bits per heavy atom. The van der Waals surface area contributed by atoms with E-state index in [1.54, 1.807) is 7.11 Å². The third-order valence-corrected chi connectivity index (χ3v) is 5.70. The average molecular weight is 389 g/mol. The van der Waals surface area contributed by atoms with Crippen LogP contribution in [0.3, 0.4) is 0 Å². The second-order valence-corrected chi connectivity index (χ2v) is 8.80. The summed E-state index contributed by atoms with van der Waals surface area (Å²) in [7, 11) is 1.79. The fourth-order valence-corrected chi connectivity index (χ4v) is 3.96. The summed E-state index contributed by atoms with van der Waals surface area (Å²) in [5.41, 5.74) is 4.24. The molecule has 0 saturated carbocycles. The van der Waals surface area contributed by atoms with Crippen molar-refractivity contribution in [3.63, 3.8) is 0 Å². The van der Waals surface area contributed by atoms with Gasteiger partial charge in [0.1, 0.15) is 0 Å². The molecule has 0 N–H and O–H groups in total. The summed E-state index contributed by atoms with van der Waals surface area (Å²) in [6.07, 6.45) is 6.52. The van der Waals surface area contributed by atoms with E-state index in [0.29, 0.717) is 11.8 Å². The third kappa shape index (κ3) is 5.77. The Hall–Kier alpha value is -2.45. The molecule has 0 fully saturated rings. The molecule has 0 aliphatic carbocycles. The maximum absolute atomic E-state index is 5.46. The highest BCUT2D eigenvalue weighted by molar-refractivity contribution is 5.33. The monoisotopic (exact) mass is 388 g/mol. The minimum atomic E-state index is 0.0944. The minimum absolute atomic E-state index is 0.0944. The zero-order valence-electron chi connectivity index (χ0n) is 18.2. The molecular formula is C27H34NO+. The van der Waals surface area contributed by atoms with E-state index in [2.05, 4.69) is 111 Å². The minimum Gasteiger partial charge on any atom is -0.385 e. The lowest BCUT2D eigenvalue weighted by Gasteiger charge is -2.25. The summed E-state index contributed by atoms with van der Waals surface area (Å²) in [6.45, 7) is 7.47. The van der Waals surface area contributed by atoms with Gasteiger partial charge in [-0.3, -0.25) is 0 Å². The van der Waals surface area contributed by atoms with Crippen molar-refractivity contribution in [3.8, 4) is 0 Å². The van der Waals surface area contributed by atoms with Gasteiger partial charge >= 0.3 is 0 Å². The summed E-state index contributed by atoms with van der Waals surface area (Å²) < 4.78 is 7.73. The molecular weight excluding hydrogens is 354 g/mol. The van der Waals surface area contributed by atoms with Crippen LogP contribution in [-0.2, 0) is 10.3 Å². The zero-order valence-corrected chi connectivity index (χ0v) is 18.2. The summed E-state index contributed by atoms with van der Waals surface area (Å²) in [4.78, 5) is 0. The first kappa shape index (κ1) is 21.3. The topological polar surface area (TPSA) is 13.1 Å². The highest BCUT2D eigenvalue weighted by Crippen LogP contribution is 2.36. The van der Waals surface area contributed by atoms with E-state index in [1.807, 2.05) is 0 Å². The van der Waals surface area contributed by atoms with Gasteiger partial charge in [0, 0.05) is 52.5 Å². The summed E-state index contributed by atoms with van der Waals surface area (Å²) in [5, 5.41) is 0. The number of aromatic nitrogens is 1. The lowest BCUT2D eigenvalue weighted by Crippen LogP contribution is -2.49. The lowest BCUT2D eigenvalue weighted by atomic mass is 9.80. The molecule has 3 rings (SSSR count). The van der Waals surface area contributed by atoms with Gasteiger partial charge in [-0.2, -0.15) is 0 Å². The van der Waals surface area contributed by atoms with E-state index in [0.717, 1.165) is 19.4 Å². The van der Waals surface area contributed by atoms with Crippen LogP contribution in [0.1, 0.15) is 62.1 Å². The molecule has 0 spiro atoms. The van der Waals surface area contributed by atoms with Gasteiger partial charge in [-0.15, -0.1) is 0 Å². The van der Waals surface area contributed by atoms with Crippen LogP contribution in [0.15, 0.2) is 85.2 Å². The van der Waals surface area contributed by atoms with Crippen molar-refractivity contribution in [1.29, 1.82) is 0 Å². The van der Waals surface area contributed by atoms with Gasteiger partial charge in [0.15, 0.2) is 17.9 Å². The highest BCUT2D eigenvalue weighted by atomic mass is 16.5. The van der Waals surface area contributed by atoms with E-state index in [-0.39, 0.29) is 5.54 Å². The molecule has 0 aliphatic rings. The zero-order chi connectivity index (χ0) is 20.7. The van der Waals surface area contributed by atoms with E-state index in [1.165, 1.54) is 16.7 Å². The molecule has 1 atom stereocenters. The van der Waals surface area contributed by atoms with Crippen LogP contribution in [0.4, 0.5) is 0 Å². The van der Waals surface area contributed by atoms with Gasteiger partial charge in [0.05, 0.1) is 0 Å². The SMILES string of the molecule is COCCC(CC(c1ccccc1)c1ccccc1)c1cc[n+](C(C)(C)C)cc1. The number of rotatable bonds is 8. The lowest BCUT2D eigenvalue weighted by molar-refractivity contribution is -0.754. The molecule has 29 heavy (non-hydrogen) atoms. The van der Waals surface area contributed by atoms with Crippen molar-refractivity contribution in [1.82, 2.24) is 0 Å². The third-order valence-electron chi connectivity index (χ3n) is 5.70. The first-order valence-corrected chi connectivity index (χ1v) is 10.6. The highest BCUT2D eigenvalue weighted by Gasteiger charge is 2.24. The maximum Gasteiger partial charge on any atom is 0.169 e. The number of hydrogen-bond acceptors (Lipinski definition) is 1. The second-order valence-electron chi connectivity index (χ2n) is 8.80. The Labute approximate surface area is 176 Å². The van der Waals surface area contributed by atoms with Crippen LogP contribution < -0.4 is 4.57 Å². The number of pyridine rings is 1. The maximum atomic E-state index is 5.46. The van der Waals surface area contributed by atoms with Gasteiger partial charge in [0.2, 0.25) is 0 Å². The Morgan fingerprint density at radius 3 is 1.72 bits per heavy atom. The molecule has 0 aliphatic heterocycles. The van der Waals surface area contributed by atoms with Gasteiger partial charge in [-0.05, 0) is 35.4 Å². The molecule has 0 saturated heterocycles. The molecule has 3 aromatic rings. The quantitative estimate of drug-likeness (QED) is 0.427. The number of nitrogens with zero attached hydrogens (tertiary/aromatic N) is 1. The van der Waals surface area contributed by atoms with Gasteiger partial charge < -0.3 is 4.74 Å². The van der Waals surface area contributed by atoms with Crippen LogP contribution in [0.5, 0.6) is 0 Å². The first-order chi connectivity index (χ1) is 14.0. The number of hydrogen-bond donors (Lipinski definition) is 0. The largest absolute Gasteiger partial charge is 0.385 e. The van der Waals surface area contributed by atoms with Gasteiger partial charge in [-0.1, -0.05) is 60.7 Å². The van der Waals surface area contributed by atoms with E-state index >= 15 is 0 Å². The van der Waals surface area contributed by atoms with Gasteiger partial charge in [-0.25, -0.2) is 4.57 Å². The number of methoxy groups -OCH3 is 1. The van der Waals surface area contributed by atoms with E-state index in [4.69, 9.17) is 4.74 Å². The molecule has 2 aromatic carbocycles. The molecule has 0 radical (unpaired) electrons. The first-order valence-electron chi connectivity index (χ1n) is 10.6. The normalized spacial score (nSPS) is 12.9. The molecule has 2 heteroatoms.